The number of amides is 3. The monoisotopic (exact) mass is 413 g/mol. The predicted octanol–water partition coefficient (Wildman–Crippen LogP) is 3.93. The lowest BCUT2D eigenvalue weighted by Crippen LogP contribution is -2.53. The zero-order valence-corrected chi connectivity index (χ0v) is 17.6. The fraction of sp³-hybridized carbons (Fsp3) is 0.391. The Morgan fingerprint density at radius 3 is 2.21 bits per heavy atom. The van der Waals surface area contributed by atoms with Crippen molar-refractivity contribution in [1.29, 1.82) is 0 Å². The lowest BCUT2D eigenvalue weighted by Gasteiger charge is -2.35. The molecule has 0 aliphatic carbocycles. The van der Waals surface area contributed by atoms with Crippen molar-refractivity contribution in [2.75, 3.05) is 32.7 Å². The van der Waals surface area contributed by atoms with Crippen LogP contribution in [-0.4, -0.2) is 54.5 Å². The molecule has 5 nitrogen and oxygen atoms in total. The molecule has 1 aliphatic rings. The van der Waals surface area contributed by atoms with E-state index in [1.807, 2.05) is 35.2 Å². The second-order valence-corrected chi connectivity index (χ2v) is 7.81. The Hall–Kier alpha value is -2.53. The molecule has 3 amide bonds. The minimum absolute atomic E-state index is 0.0517. The van der Waals surface area contributed by atoms with E-state index in [-0.39, 0.29) is 11.9 Å². The molecular formula is C23H28ClN3O2. The highest BCUT2D eigenvalue weighted by atomic mass is 35.5. The number of nitrogens with one attached hydrogen (secondary N) is 1. The molecule has 1 atom stereocenters. The van der Waals surface area contributed by atoms with Gasteiger partial charge in [0.1, 0.15) is 0 Å². The normalized spacial score (nSPS) is 15.1. The fourth-order valence-electron chi connectivity index (χ4n) is 3.59. The number of halogens is 1. The quantitative estimate of drug-likeness (QED) is 0.780. The van der Waals surface area contributed by atoms with Gasteiger partial charge >= 0.3 is 6.03 Å². The second-order valence-electron chi connectivity index (χ2n) is 7.37. The molecule has 29 heavy (non-hydrogen) atoms. The highest BCUT2D eigenvalue weighted by molar-refractivity contribution is 6.30. The largest absolute Gasteiger partial charge is 0.339 e. The number of hydrogen-bond acceptors (Lipinski definition) is 2. The molecule has 0 bridgehead atoms. The van der Waals surface area contributed by atoms with Gasteiger partial charge in [0.2, 0.25) is 5.91 Å². The minimum Gasteiger partial charge on any atom is -0.339 e. The first kappa shape index (κ1) is 21.2. The molecule has 1 heterocycles. The number of carbonyl (C=O) groups is 2. The minimum atomic E-state index is -0.0517. The van der Waals surface area contributed by atoms with Gasteiger partial charge in [-0.3, -0.25) is 4.79 Å². The first-order valence-corrected chi connectivity index (χ1v) is 10.5. The molecule has 1 unspecified atom stereocenters. The van der Waals surface area contributed by atoms with Gasteiger partial charge in [0.15, 0.2) is 0 Å². The molecule has 3 rings (SSSR count). The molecule has 1 fully saturated rings. The summed E-state index contributed by atoms with van der Waals surface area (Å²) >= 11 is 5.89. The van der Waals surface area contributed by atoms with Crippen molar-refractivity contribution >= 4 is 23.5 Å². The molecule has 0 radical (unpaired) electrons. The van der Waals surface area contributed by atoms with Gasteiger partial charge in [-0.1, -0.05) is 61.0 Å². The van der Waals surface area contributed by atoms with Crippen molar-refractivity contribution in [2.24, 2.45) is 0 Å². The summed E-state index contributed by atoms with van der Waals surface area (Å²) in [7, 11) is 0. The van der Waals surface area contributed by atoms with Crippen molar-refractivity contribution in [3.8, 4) is 0 Å². The molecule has 6 heteroatoms. The molecule has 1 aliphatic heterocycles. The van der Waals surface area contributed by atoms with Gasteiger partial charge in [0.25, 0.3) is 0 Å². The maximum Gasteiger partial charge on any atom is 0.317 e. The zero-order chi connectivity index (χ0) is 20.6. The van der Waals surface area contributed by atoms with Crippen molar-refractivity contribution in [3.63, 3.8) is 0 Å². The van der Waals surface area contributed by atoms with Crippen LogP contribution in [0.25, 0.3) is 0 Å². The van der Waals surface area contributed by atoms with Crippen LogP contribution < -0.4 is 5.32 Å². The SMILES string of the molecule is CCC(CNC(=O)N1CCN(C(=O)Cc2ccc(Cl)cc2)CC1)c1ccccc1. The van der Waals surface area contributed by atoms with Gasteiger partial charge < -0.3 is 15.1 Å². The number of nitrogens with zero attached hydrogens (tertiary/aromatic N) is 2. The van der Waals surface area contributed by atoms with Gasteiger partial charge in [0.05, 0.1) is 6.42 Å². The molecule has 1 N–H and O–H groups in total. The van der Waals surface area contributed by atoms with Gasteiger partial charge in [-0.2, -0.15) is 0 Å². The standard InChI is InChI=1S/C23H28ClN3O2/c1-2-19(20-6-4-3-5-7-20)17-25-23(29)27-14-12-26(13-15-27)22(28)16-18-8-10-21(24)11-9-18/h3-11,19H,2,12-17H2,1H3,(H,25,29). The Morgan fingerprint density at radius 1 is 0.966 bits per heavy atom. The maximum absolute atomic E-state index is 12.5. The molecule has 2 aromatic carbocycles. The Morgan fingerprint density at radius 2 is 1.59 bits per heavy atom. The number of urea groups is 1. The maximum atomic E-state index is 12.5. The van der Waals surface area contributed by atoms with Gasteiger partial charge in [-0.15, -0.1) is 0 Å². The summed E-state index contributed by atoms with van der Waals surface area (Å²) in [6.07, 6.45) is 1.33. The van der Waals surface area contributed by atoms with Gasteiger partial charge in [-0.25, -0.2) is 4.79 Å². The van der Waals surface area contributed by atoms with Gasteiger partial charge in [0, 0.05) is 43.7 Å². The average molecular weight is 414 g/mol. The van der Waals surface area contributed by atoms with E-state index in [2.05, 4.69) is 24.4 Å². The lowest BCUT2D eigenvalue weighted by molar-refractivity contribution is -0.131. The number of carbonyl (C=O) groups excluding carboxylic acids is 2. The number of benzene rings is 2. The third-order valence-corrected chi connectivity index (χ3v) is 5.70. The summed E-state index contributed by atoms with van der Waals surface area (Å²) in [5, 5.41) is 3.73. The van der Waals surface area contributed by atoms with Crippen LogP contribution in [0.2, 0.25) is 5.02 Å². The summed E-state index contributed by atoms with van der Waals surface area (Å²) in [4.78, 5) is 28.7. The van der Waals surface area contributed by atoms with Crippen molar-refractivity contribution in [3.05, 3.63) is 70.7 Å². The number of piperazine rings is 1. The highest BCUT2D eigenvalue weighted by Crippen LogP contribution is 2.18. The third kappa shape index (κ3) is 5.97. The summed E-state index contributed by atoms with van der Waals surface area (Å²) in [5.41, 5.74) is 2.19. The van der Waals surface area contributed by atoms with E-state index in [4.69, 9.17) is 11.6 Å². The Balaban J connectivity index is 1.44. The first-order valence-electron chi connectivity index (χ1n) is 10.2. The van der Waals surface area contributed by atoms with Crippen molar-refractivity contribution < 1.29 is 9.59 Å². The van der Waals surface area contributed by atoms with E-state index in [0.29, 0.717) is 50.1 Å². The Labute approximate surface area is 177 Å². The smallest absolute Gasteiger partial charge is 0.317 e. The van der Waals surface area contributed by atoms with Crippen LogP contribution in [0, 0.1) is 0 Å². The van der Waals surface area contributed by atoms with Crippen LogP contribution in [0.1, 0.15) is 30.4 Å². The highest BCUT2D eigenvalue weighted by Gasteiger charge is 2.24. The molecule has 0 saturated carbocycles. The van der Waals surface area contributed by atoms with E-state index in [1.54, 1.807) is 17.0 Å². The first-order chi connectivity index (χ1) is 14.1. The van der Waals surface area contributed by atoms with E-state index >= 15 is 0 Å². The lowest BCUT2D eigenvalue weighted by atomic mass is 9.97. The van der Waals surface area contributed by atoms with Crippen molar-refractivity contribution in [1.82, 2.24) is 15.1 Å². The number of rotatable bonds is 6. The Bertz CT molecular complexity index is 803. The second kappa shape index (κ2) is 10.3. The van der Waals surface area contributed by atoms with Crippen LogP contribution in [0.3, 0.4) is 0 Å². The molecule has 1 saturated heterocycles. The zero-order valence-electron chi connectivity index (χ0n) is 16.8. The molecule has 0 aromatic heterocycles. The van der Waals surface area contributed by atoms with E-state index in [1.165, 1.54) is 5.56 Å². The topological polar surface area (TPSA) is 52.7 Å². The molecule has 2 aromatic rings. The van der Waals surface area contributed by atoms with E-state index in [9.17, 15) is 9.59 Å². The Kier molecular flexibility index (Phi) is 7.53. The van der Waals surface area contributed by atoms with Crippen molar-refractivity contribution in [2.45, 2.75) is 25.7 Å². The van der Waals surface area contributed by atoms with Crippen LogP contribution >= 0.6 is 11.6 Å². The fourth-order valence-corrected chi connectivity index (χ4v) is 3.72. The number of hydrogen-bond donors (Lipinski definition) is 1. The third-order valence-electron chi connectivity index (χ3n) is 5.45. The predicted molar refractivity (Wildman–Crippen MR) is 116 cm³/mol. The molecule has 0 spiro atoms. The van der Waals surface area contributed by atoms with E-state index < -0.39 is 0 Å². The summed E-state index contributed by atoms with van der Waals surface area (Å²) in [6.45, 7) is 5.00. The van der Waals surface area contributed by atoms with Crippen LogP contribution in [-0.2, 0) is 11.2 Å². The van der Waals surface area contributed by atoms with Crippen LogP contribution in [0.5, 0.6) is 0 Å². The van der Waals surface area contributed by atoms with E-state index in [0.717, 1.165) is 12.0 Å². The summed E-state index contributed by atoms with van der Waals surface area (Å²) in [5.74, 6) is 0.393. The van der Waals surface area contributed by atoms with Crippen LogP contribution in [0.15, 0.2) is 54.6 Å². The summed E-state index contributed by atoms with van der Waals surface area (Å²) in [6, 6.07) is 17.6. The van der Waals surface area contributed by atoms with Crippen LogP contribution in [0.4, 0.5) is 4.79 Å². The molecular weight excluding hydrogens is 386 g/mol. The average Bonchev–Trinajstić information content (AvgIpc) is 2.76. The van der Waals surface area contributed by atoms with Gasteiger partial charge in [-0.05, 0) is 29.7 Å². The molecule has 154 valence electrons. The summed E-state index contributed by atoms with van der Waals surface area (Å²) < 4.78 is 0.